The number of benzene rings is 1. The summed E-state index contributed by atoms with van der Waals surface area (Å²) in [5, 5.41) is 20.4. The Morgan fingerprint density at radius 1 is 1.61 bits per heavy atom. The highest BCUT2D eigenvalue weighted by atomic mass is 35.5. The minimum Gasteiger partial charge on any atom is -0.394 e. The number of nitro benzene ring substituents is 1. The van der Waals surface area contributed by atoms with E-state index in [0.29, 0.717) is 30.4 Å². The number of aliphatic hydroxyl groups is 1. The molecule has 0 amide bonds. The molecule has 0 saturated carbocycles. The van der Waals surface area contributed by atoms with E-state index < -0.39 is 4.92 Å². The molecule has 1 aliphatic rings. The molecule has 1 N–H and O–H groups in total. The van der Waals surface area contributed by atoms with Gasteiger partial charge in [0.2, 0.25) is 0 Å². The summed E-state index contributed by atoms with van der Waals surface area (Å²) in [4.78, 5) is 12.4. The molecule has 0 spiro atoms. The van der Waals surface area contributed by atoms with Crippen molar-refractivity contribution in [3.63, 3.8) is 0 Å². The molecule has 1 saturated heterocycles. The highest BCUT2D eigenvalue weighted by Crippen LogP contribution is 2.31. The van der Waals surface area contributed by atoms with Crippen LogP contribution in [-0.4, -0.2) is 42.4 Å². The van der Waals surface area contributed by atoms with Gasteiger partial charge in [0, 0.05) is 24.2 Å². The lowest BCUT2D eigenvalue weighted by Crippen LogP contribution is -2.44. The van der Waals surface area contributed by atoms with E-state index in [1.807, 2.05) is 4.90 Å². The van der Waals surface area contributed by atoms with Crippen LogP contribution in [0.25, 0.3) is 0 Å². The number of aliphatic hydroxyl groups excluding tert-OH is 1. The van der Waals surface area contributed by atoms with E-state index in [-0.39, 0.29) is 18.4 Å². The molecule has 1 fully saturated rings. The third-order valence-corrected chi connectivity index (χ3v) is 3.05. The van der Waals surface area contributed by atoms with Crippen LogP contribution in [0.2, 0.25) is 5.02 Å². The summed E-state index contributed by atoms with van der Waals surface area (Å²) in [6.45, 7) is 1.32. The van der Waals surface area contributed by atoms with Gasteiger partial charge < -0.3 is 14.7 Å². The zero-order valence-electron chi connectivity index (χ0n) is 9.58. The molecule has 1 aromatic rings. The van der Waals surface area contributed by atoms with Crippen molar-refractivity contribution in [3.05, 3.63) is 33.3 Å². The molecule has 0 aliphatic carbocycles. The van der Waals surface area contributed by atoms with Gasteiger partial charge >= 0.3 is 0 Å². The maximum atomic E-state index is 11.0. The average Bonchev–Trinajstić information content (AvgIpc) is 2.38. The van der Waals surface area contributed by atoms with Gasteiger partial charge in [-0.25, -0.2) is 0 Å². The zero-order valence-corrected chi connectivity index (χ0v) is 10.3. The van der Waals surface area contributed by atoms with Crippen molar-refractivity contribution in [2.75, 3.05) is 31.2 Å². The molecule has 7 heteroatoms. The molecule has 2 rings (SSSR count). The fraction of sp³-hybridized carbons (Fsp3) is 0.455. The first-order valence-electron chi connectivity index (χ1n) is 5.53. The van der Waals surface area contributed by atoms with E-state index in [1.54, 1.807) is 12.1 Å². The molecule has 18 heavy (non-hydrogen) atoms. The second-order valence-electron chi connectivity index (χ2n) is 4.01. The Balaban J connectivity index is 2.29. The number of nitrogens with zero attached hydrogens (tertiary/aromatic N) is 2. The van der Waals surface area contributed by atoms with Crippen LogP contribution in [0.15, 0.2) is 18.2 Å². The van der Waals surface area contributed by atoms with Crippen molar-refractivity contribution in [2.24, 2.45) is 0 Å². The minimum atomic E-state index is -0.454. The van der Waals surface area contributed by atoms with Crippen LogP contribution in [-0.2, 0) is 4.74 Å². The average molecular weight is 273 g/mol. The quantitative estimate of drug-likeness (QED) is 0.666. The predicted molar refractivity (Wildman–Crippen MR) is 67.1 cm³/mol. The molecule has 1 aliphatic heterocycles. The standard InChI is InChI=1S/C11H13ClN2O4/c12-8-1-2-10(11(5-8)14(16)17)13-3-4-18-9(6-13)7-15/h1-2,5,9,15H,3-4,6-7H2. The lowest BCUT2D eigenvalue weighted by atomic mass is 10.2. The van der Waals surface area contributed by atoms with E-state index in [0.717, 1.165) is 0 Å². The van der Waals surface area contributed by atoms with Crippen LogP contribution in [0.1, 0.15) is 0 Å². The largest absolute Gasteiger partial charge is 0.394 e. The third-order valence-electron chi connectivity index (χ3n) is 2.82. The molecule has 1 unspecified atom stereocenters. The molecule has 1 aromatic carbocycles. The van der Waals surface area contributed by atoms with E-state index in [1.165, 1.54) is 6.07 Å². The summed E-state index contributed by atoms with van der Waals surface area (Å²) >= 11 is 5.77. The number of morpholine rings is 1. The fourth-order valence-electron chi connectivity index (χ4n) is 1.96. The summed E-state index contributed by atoms with van der Waals surface area (Å²) in [7, 11) is 0. The normalized spacial score (nSPS) is 19.9. The first-order chi connectivity index (χ1) is 8.61. The molecule has 0 aromatic heterocycles. The number of anilines is 1. The number of hydrogen-bond acceptors (Lipinski definition) is 5. The fourth-order valence-corrected chi connectivity index (χ4v) is 2.13. The van der Waals surface area contributed by atoms with Crippen molar-refractivity contribution in [2.45, 2.75) is 6.10 Å². The SMILES string of the molecule is O=[N+]([O-])c1cc(Cl)ccc1N1CCOC(CO)C1. The number of hydrogen-bond donors (Lipinski definition) is 1. The van der Waals surface area contributed by atoms with Crippen molar-refractivity contribution in [3.8, 4) is 0 Å². The van der Waals surface area contributed by atoms with E-state index >= 15 is 0 Å². The van der Waals surface area contributed by atoms with Crippen LogP contribution < -0.4 is 4.90 Å². The molecular weight excluding hydrogens is 260 g/mol. The van der Waals surface area contributed by atoms with Gasteiger partial charge in [-0.05, 0) is 12.1 Å². The van der Waals surface area contributed by atoms with Gasteiger partial charge in [0.1, 0.15) is 5.69 Å². The molecule has 98 valence electrons. The van der Waals surface area contributed by atoms with Crippen molar-refractivity contribution >= 4 is 23.0 Å². The van der Waals surface area contributed by atoms with E-state index in [9.17, 15) is 10.1 Å². The van der Waals surface area contributed by atoms with Gasteiger partial charge in [0.25, 0.3) is 5.69 Å². The second-order valence-corrected chi connectivity index (χ2v) is 4.45. The summed E-state index contributed by atoms with van der Waals surface area (Å²) in [6.07, 6.45) is -0.311. The molecule has 0 bridgehead atoms. The lowest BCUT2D eigenvalue weighted by Gasteiger charge is -2.33. The van der Waals surface area contributed by atoms with Crippen LogP contribution in [0.3, 0.4) is 0 Å². The Hall–Kier alpha value is -1.37. The smallest absolute Gasteiger partial charge is 0.294 e. The monoisotopic (exact) mass is 272 g/mol. The Morgan fingerprint density at radius 2 is 2.39 bits per heavy atom. The van der Waals surface area contributed by atoms with Gasteiger partial charge in [-0.2, -0.15) is 0 Å². The Morgan fingerprint density at radius 3 is 3.06 bits per heavy atom. The van der Waals surface area contributed by atoms with Crippen molar-refractivity contribution < 1.29 is 14.8 Å². The molecule has 1 heterocycles. The minimum absolute atomic E-state index is 0.0268. The lowest BCUT2D eigenvalue weighted by molar-refractivity contribution is -0.384. The number of nitro groups is 1. The number of rotatable bonds is 3. The van der Waals surface area contributed by atoms with Crippen LogP contribution in [0, 0.1) is 10.1 Å². The summed E-state index contributed by atoms with van der Waals surface area (Å²) in [5.41, 5.74) is 0.479. The van der Waals surface area contributed by atoms with Crippen molar-refractivity contribution in [1.29, 1.82) is 0 Å². The van der Waals surface area contributed by atoms with Gasteiger partial charge in [-0.3, -0.25) is 10.1 Å². The van der Waals surface area contributed by atoms with Gasteiger partial charge in [-0.1, -0.05) is 11.6 Å². The van der Waals surface area contributed by atoms with Crippen LogP contribution in [0.4, 0.5) is 11.4 Å². The predicted octanol–water partition coefficient (Wildman–Crippen LogP) is 1.45. The summed E-state index contributed by atoms with van der Waals surface area (Å²) in [5.74, 6) is 0. The van der Waals surface area contributed by atoms with Crippen LogP contribution >= 0.6 is 11.6 Å². The summed E-state index contributed by atoms with van der Waals surface area (Å²) < 4.78 is 5.32. The van der Waals surface area contributed by atoms with Gasteiger partial charge in [0.05, 0.1) is 24.2 Å². The highest BCUT2D eigenvalue weighted by Gasteiger charge is 2.25. The number of halogens is 1. The van der Waals surface area contributed by atoms with E-state index in [4.69, 9.17) is 21.4 Å². The maximum Gasteiger partial charge on any atom is 0.294 e. The first-order valence-corrected chi connectivity index (χ1v) is 5.91. The molecule has 6 nitrogen and oxygen atoms in total. The molecule has 0 radical (unpaired) electrons. The van der Waals surface area contributed by atoms with Crippen molar-refractivity contribution in [1.82, 2.24) is 0 Å². The highest BCUT2D eigenvalue weighted by molar-refractivity contribution is 6.30. The first kappa shape index (κ1) is 13.1. The Kier molecular flexibility index (Phi) is 4.00. The topological polar surface area (TPSA) is 75.8 Å². The Bertz CT molecular complexity index is 455. The molecular formula is C11H13ClN2O4. The third kappa shape index (κ3) is 2.72. The summed E-state index contributed by atoms with van der Waals surface area (Å²) in [6, 6.07) is 4.58. The maximum absolute atomic E-state index is 11.0. The van der Waals surface area contributed by atoms with Gasteiger partial charge in [0.15, 0.2) is 0 Å². The van der Waals surface area contributed by atoms with E-state index in [2.05, 4.69) is 0 Å². The zero-order chi connectivity index (χ0) is 13.1. The molecule has 1 atom stereocenters. The Labute approximate surface area is 109 Å². The van der Waals surface area contributed by atoms with Gasteiger partial charge in [-0.15, -0.1) is 0 Å². The number of ether oxygens (including phenoxy) is 1. The second kappa shape index (κ2) is 5.51. The van der Waals surface area contributed by atoms with Crippen LogP contribution in [0.5, 0.6) is 0 Å².